The number of nitrogens with zero attached hydrogens (tertiary/aromatic N) is 2. The van der Waals surface area contributed by atoms with E-state index < -0.39 is 0 Å². The minimum absolute atomic E-state index is 0.922. The average molecular weight is 213 g/mol. The molecular weight excluding hydrogens is 194 g/mol. The van der Waals surface area contributed by atoms with Gasteiger partial charge in [-0.05, 0) is 19.7 Å². The van der Waals surface area contributed by atoms with E-state index in [4.69, 9.17) is 0 Å². The highest BCUT2D eigenvalue weighted by Gasteiger charge is 2.04. The fourth-order valence-electron chi connectivity index (χ4n) is 1.40. The molecule has 1 aromatic heterocycles. The van der Waals surface area contributed by atoms with Gasteiger partial charge in [-0.2, -0.15) is 11.8 Å². The van der Waals surface area contributed by atoms with Gasteiger partial charge < -0.3 is 9.88 Å². The Balaban J connectivity index is 2.62. The lowest BCUT2D eigenvalue weighted by atomic mass is 10.4. The number of hydrogen-bond donors (Lipinski definition) is 1. The summed E-state index contributed by atoms with van der Waals surface area (Å²) in [5.74, 6) is 2.27. The van der Waals surface area contributed by atoms with Crippen molar-refractivity contribution in [2.45, 2.75) is 26.9 Å². The van der Waals surface area contributed by atoms with Crippen molar-refractivity contribution in [3.63, 3.8) is 0 Å². The van der Waals surface area contributed by atoms with Crippen LogP contribution in [0.1, 0.15) is 18.4 Å². The standard InChI is InChI=1S/C10H19N3S/c1-4-11-7-10-8-12-9(2)13(10)5-6-14-3/h8,11H,4-7H2,1-3H3. The molecule has 80 valence electrons. The first kappa shape index (κ1) is 11.6. The molecule has 0 aliphatic rings. The number of rotatable bonds is 6. The van der Waals surface area contributed by atoms with Crippen LogP contribution in [-0.4, -0.2) is 28.1 Å². The molecule has 0 aliphatic heterocycles. The molecule has 14 heavy (non-hydrogen) atoms. The van der Waals surface area contributed by atoms with Gasteiger partial charge in [0.15, 0.2) is 0 Å². The fourth-order valence-corrected chi connectivity index (χ4v) is 1.76. The number of aryl methyl sites for hydroxylation is 1. The molecule has 4 heteroatoms. The molecule has 0 bridgehead atoms. The molecule has 1 N–H and O–H groups in total. The van der Waals surface area contributed by atoms with Crippen LogP contribution < -0.4 is 5.32 Å². The maximum atomic E-state index is 4.34. The first-order chi connectivity index (χ1) is 6.79. The number of aromatic nitrogens is 2. The van der Waals surface area contributed by atoms with Gasteiger partial charge in [-0.15, -0.1) is 0 Å². The predicted molar refractivity (Wildman–Crippen MR) is 62.7 cm³/mol. The third-order valence-electron chi connectivity index (χ3n) is 2.21. The van der Waals surface area contributed by atoms with Crippen molar-refractivity contribution in [1.29, 1.82) is 0 Å². The van der Waals surface area contributed by atoms with E-state index in [2.05, 4.69) is 35.0 Å². The molecule has 0 aliphatic carbocycles. The molecule has 0 fully saturated rings. The molecule has 0 amide bonds. The highest BCUT2D eigenvalue weighted by atomic mass is 32.2. The zero-order valence-corrected chi connectivity index (χ0v) is 10.0. The Kier molecular flexibility index (Phi) is 5.04. The molecule has 3 nitrogen and oxygen atoms in total. The molecule has 0 spiro atoms. The Morgan fingerprint density at radius 3 is 3.00 bits per heavy atom. The van der Waals surface area contributed by atoms with E-state index in [1.54, 1.807) is 0 Å². The fraction of sp³-hybridized carbons (Fsp3) is 0.700. The summed E-state index contributed by atoms with van der Waals surface area (Å²) in [4.78, 5) is 4.34. The first-order valence-corrected chi connectivity index (χ1v) is 6.39. The Morgan fingerprint density at radius 2 is 2.36 bits per heavy atom. The normalized spacial score (nSPS) is 10.8. The van der Waals surface area contributed by atoms with Crippen LogP contribution in [0.25, 0.3) is 0 Å². The lowest BCUT2D eigenvalue weighted by molar-refractivity contribution is 0.637. The van der Waals surface area contributed by atoms with Crippen molar-refractivity contribution in [3.8, 4) is 0 Å². The lowest BCUT2D eigenvalue weighted by Crippen LogP contribution is -2.16. The van der Waals surface area contributed by atoms with Gasteiger partial charge in [0.2, 0.25) is 0 Å². The summed E-state index contributed by atoms with van der Waals surface area (Å²) in [5.41, 5.74) is 1.29. The van der Waals surface area contributed by atoms with E-state index in [9.17, 15) is 0 Å². The second-order valence-electron chi connectivity index (χ2n) is 3.22. The van der Waals surface area contributed by atoms with E-state index in [1.807, 2.05) is 18.0 Å². The highest BCUT2D eigenvalue weighted by Crippen LogP contribution is 2.06. The van der Waals surface area contributed by atoms with Crippen molar-refractivity contribution in [2.75, 3.05) is 18.6 Å². The Labute approximate surface area is 90.3 Å². The van der Waals surface area contributed by atoms with Gasteiger partial charge in [-0.25, -0.2) is 4.98 Å². The molecule has 0 radical (unpaired) electrons. The van der Waals surface area contributed by atoms with Crippen LogP contribution >= 0.6 is 11.8 Å². The number of hydrogen-bond acceptors (Lipinski definition) is 3. The Hall–Kier alpha value is -0.480. The van der Waals surface area contributed by atoms with E-state index in [-0.39, 0.29) is 0 Å². The molecule has 1 aromatic rings. The van der Waals surface area contributed by atoms with Crippen LogP contribution in [0.2, 0.25) is 0 Å². The SMILES string of the molecule is CCNCc1cnc(C)n1CCSC. The summed E-state index contributed by atoms with van der Waals surface area (Å²) in [5, 5.41) is 3.33. The summed E-state index contributed by atoms with van der Waals surface area (Å²) in [6.45, 7) is 7.18. The van der Waals surface area contributed by atoms with E-state index in [0.717, 1.165) is 31.2 Å². The molecular formula is C10H19N3S. The molecule has 0 aromatic carbocycles. The average Bonchev–Trinajstić information content (AvgIpc) is 2.53. The Bertz CT molecular complexity index is 270. The number of imidazole rings is 1. The summed E-state index contributed by atoms with van der Waals surface area (Å²) < 4.78 is 2.29. The van der Waals surface area contributed by atoms with Crippen LogP contribution in [0.15, 0.2) is 6.20 Å². The first-order valence-electron chi connectivity index (χ1n) is 5.00. The van der Waals surface area contributed by atoms with Gasteiger partial charge in [0.25, 0.3) is 0 Å². The predicted octanol–water partition coefficient (Wildman–Crippen LogP) is 1.66. The van der Waals surface area contributed by atoms with E-state index in [1.165, 1.54) is 5.69 Å². The van der Waals surface area contributed by atoms with Crippen LogP contribution in [0.3, 0.4) is 0 Å². The topological polar surface area (TPSA) is 29.9 Å². The third kappa shape index (κ3) is 3.03. The monoisotopic (exact) mass is 213 g/mol. The molecule has 0 saturated carbocycles. The largest absolute Gasteiger partial charge is 0.330 e. The number of nitrogens with one attached hydrogen (secondary N) is 1. The van der Waals surface area contributed by atoms with Gasteiger partial charge in [-0.3, -0.25) is 0 Å². The molecule has 1 heterocycles. The lowest BCUT2D eigenvalue weighted by Gasteiger charge is -2.09. The van der Waals surface area contributed by atoms with Gasteiger partial charge in [-0.1, -0.05) is 6.92 Å². The zero-order valence-electron chi connectivity index (χ0n) is 9.21. The van der Waals surface area contributed by atoms with Crippen molar-refractivity contribution in [2.24, 2.45) is 0 Å². The van der Waals surface area contributed by atoms with Gasteiger partial charge in [0.05, 0.1) is 5.69 Å². The van der Waals surface area contributed by atoms with Crippen LogP contribution in [-0.2, 0) is 13.1 Å². The number of thioether (sulfide) groups is 1. The second-order valence-corrected chi connectivity index (χ2v) is 4.21. The summed E-state index contributed by atoms with van der Waals surface area (Å²) >= 11 is 1.87. The van der Waals surface area contributed by atoms with E-state index in [0.29, 0.717) is 0 Å². The zero-order chi connectivity index (χ0) is 10.4. The Morgan fingerprint density at radius 1 is 1.57 bits per heavy atom. The summed E-state index contributed by atoms with van der Waals surface area (Å²) in [6, 6.07) is 0. The molecule has 1 rings (SSSR count). The van der Waals surface area contributed by atoms with Crippen LogP contribution in [0.4, 0.5) is 0 Å². The molecule has 0 atom stereocenters. The molecule has 0 unspecified atom stereocenters. The highest BCUT2D eigenvalue weighted by molar-refractivity contribution is 7.98. The van der Waals surface area contributed by atoms with Crippen LogP contribution in [0.5, 0.6) is 0 Å². The van der Waals surface area contributed by atoms with Gasteiger partial charge in [0, 0.05) is 25.0 Å². The van der Waals surface area contributed by atoms with Crippen molar-refractivity contribution >= 4 is 11.8 Å². The van der Waals surface area contributed by atoms with Gasteiger partial charge in [0.1, 0.15) is 5.82 Å². The summed E-state index contributed by atoms with van der Waals surface area (Å²) in [6.07, 6.45) is 4.11. The smallest absolute Gasteiger partial charge is 0.105 e. The maximum absolute atomic E-state index is 4.34. The van der Waals surface area contributed by atoms with Crippen LogP contribution in [0, 0.1) is 6.92 Å². The molecule has 0 saturated heterocycles. The minimum Gasteiger partial charge on any atom is -0.330 e. The quantitative estimate of drug-likeness (QED) is 0.779. The second kappa shape index (κ2) is 6.09. The summed E-state index contributed by atoms with van der Waals surface area (Å²) in [7, 11) is 0. The maximum Gasteiger partial charge on any atom is 0.105 e. The van der Waals surface area contributed by atoms with Crippen molar-refractivity contribution in [1.82, 2.24) is 14.9 Å². The van der Waals surface area contributed by atoms with Crippen molar-refractivity contribution in [3.05, 3.63) is 17.7 Å². The third-order valence-corrected chi connectivity index (χ3v) is 2.80. The minimum atomic E-state index is 0.922. The van der Waals surface area contributed by atoms with Gasteiger partial charge >= 0.3 is 0 Å². The van der Waals surface area contributed by atoms with Crippen molar-refractivity contribution < 1.29 is 0 Å². The van der Waals surface area contributed by atoms with E-state index >= 15 is 0 Å².